The second kappa shape index (κ2) is 10.4. The number of ether oxygens (including phenoxy) is 1. The number of rotatable bonds is 6. The molecule has 1 heterocycles. The lowest BCUT2D eigenvalue weighted by Gasteiger charge is -2.41. The third kappa shape index (κ3) is 4.86. The molecule has 0 saturated heterocycles. The molecule has 4 rings (SSSR count). The topological polar surface area (TPSA) is 101 Å². The number of benzene rings is 3. The van der Waals surface area contributed by atoms with E-state index in [-0.39, 0.29) is 22.5 Å². The molecule has 0 radical (unpaired) electrons. The number of nitrogens with zero attached hydrogens (tertiary/aromatic N) is 1. The van der Waals surface area contributed by atoms with E-state index in [1.807, 2.05) is 31.2 Å². The molecule has 9 heteroatoms. The molecule has 2 atom stereocenters. The Kier molecular flexibility index (Phi) is 7.44. The number of carbonyl (C=O) groups is 2. The Morgan fingerprint density at radius 1 is 0.972 bits per heavy atom. The highest BCUT2D eigenvalue weighted by molar-refractivity contribution is 9.10. The van der Waals surface area contributed by atoms with Crippen molar-refractivity contribution in [1.82, 2.24) is 4.31 Å². The molecule has 0 unspecified atom stereocenters. The normalized spacial score (nSPS) is 18.4. The number of halogens is 1. The number of carboxylic acids is 1. The zero-order valence-electron chi connectivity index (χ0n) is 19.6. The molecule has 7 nitrogen and oxygen atoms in total. The fourth-order valence-corrected chi connectivity index (χ4v) is 6.64. The molecule has 1 aliphatic heterocycles. The number of sulfonamides is 1. The van der Waals surface area contributed by atoms with E-state index in [4.69, 9.17) is 4.74 Å². The highest BCUT2D eigenvalue weighted by Crippen LogP contribution is 2.46. The number of aryl methyl sites for hydroxylation is 1. The zero-order chi connectivity index (χ0) is 26.0. The Morgan fingerprint density at radius 2 is 1.58 bits per heavy atom. The van der Waals surface area contributed by atoms with Crippen molar-refractivity contribution in [3.63, 3.8) is 0 Å². The maximum absolute atomic E-state index is 14.4. The van der Waals surface area contributed by atoms with Gasteiger partial charge in [0.15, 0.2) is 0 Å². The Hall–Kier alpha value is -3.27. The zero-order valence-corrected chi connectivity index (χ0v) is 22.0. The van der Waals surface area contributed by atoms with E-state index in [2.05, 4.69) is 15.9 Å². The Morgan fingerprint density at radius 3 is 2.19 bits per heavy atom. The second-order valence-electron chi connectivity index (χ2n) is 8.40. The minimum atomic E-state index is -4.41. The van der Waals surface area contributed by atoms with Gasteiger partial charge in [0.25, 0.3) is 0 Å². The van der Waals surface area contributed by atoms with Gasteiger partial charge in [-0.3, -0.25) is 0 Å². The summed E-state index contributed by atoms with van der Waals surface area (Å²) in [5, 5.41) is 10.1. The van der Waals surface area contributed by atoms with Gasteiger partial charge in [-0.1, -0.05) is 76.1 Å². The fourth-order valence-electron chi connectivity index (χ4n) is 4.41. The van der Waals surface area contributed by atoms with Gasteiger partial charge in [-0.25, -0.2) is 18.0 Å². The minimum absolute atomic E-state index is 0.0557. The van der Waals surface area contributed by atoms with E-state index in [1.165, 1.54) is 29.6 Å². The summed E-state index contributed by atoms with van der Waals surface area (Å²) >= 11 is 3.38. The molecular weight excluding hydrogens is 546 g/mol. The molecule has 3 aromatic carbocycles. The summed E-state index contributed by atoms with van der Waals surface area (Å²) in [6.07, 6.45) is 1.73. The van der Waals surface area contributed by atoms with Gasteiger partial charge in [0.2, 0.25) is 10.0 Å². The minimum Gasteiger partial charge on any atom is -0.478 e. The molecule has 0 aliphatic carbocycles. The second-order valence-corrected chi connectivity index (χ2v) is 11.1. The number of carbonyl (C=O) groups excluding carboxylic acids is 1. The van der Waals surface area contributed by atoms with Crippen molar-refractivity contribution in [3.8, 4) is 0 Å². The Labute approximate surface area is 218 Å². The predicted octanol–water partition coefficient (Wildman–Crippen LogP) is 5.43. The molecule has 1 aliphatic rings. The molecule has 0 fully saturated rings. The summed E-state index contributed by atoms with van der Waals surface area (Å²) in [7, 11) is -3.23. The van der Waals surface area contributed by atoms with Crippen LogP contribution in [0.5, 0.6) is 0 Å². The molecule has 0 saturated carbocycles. The van der Waals surface area contributed by atoms with Gasteiger partial charge in [-0.2, -0.15) is 4.31 Å². The van der Waals surface area contributed by atoms with Gasteiger partial charge in [-0.15, -0.1) is 0 Å². The highest BCUT2D eigenvalue weighted by atomic mass is 79.9. The van der Waals surface area contributed by atoms with Crippen molar-refractivity contribution in [2.24, 2.45) is 0 Å². The number of hydrogen-bond acceptors (Lipinski definition) is 5. The summed E-state index contributed by atoms with van der Waals surface area (Å²) in [6, 6.07) is 18.2. The maximum Gasteiger partial charge on any atom is 0.339 e. The first-order chi connectivity index (χ1) is 17.1. The largest absolute Gasteiger partial charge is 0.478 e. The lowest BCUT2D eigenvalue weighted by atomic mass is 9.89. The summed E-state index contributed by atoms with van der Waals surface area (Å²) in [5.41, 5.74) is 2.03. The van der Waals surface area contributed by atoms with Crippen molar-refractivity contribution in [1.29, 1.82) is 0 Å². The van der Waals surface area contributed by atoms with Crippen LogP contribution in [0.1, 0.15) is 45.6 Å². The van der Waals surface area contributed by atoms with Gasteiger partial charge in [0.05, 0.1) is 35.2 Å². The van der Waals surface area contributed by atoms with Crippen LogP contribution in [-0.4, -0.2) is 36.9 Å². The van der Waals surface area contributed by atoms with Crippen LogP contribution in [0.2, 0.25) is 0 Å². The third-order valence-electron chi connectivity index (χ3n) is 6.16. The van der Waals surface area contributed by atoms with Gasteiger partial charge < -0.3 is 9.84 Å². The number of aliphatic carboxylic acids is 1. The Bertz CT molecular complexity index is 1430. The lowest BCUT2D eigenvalue weighted by molar-refractivity contribution is -0.133. The van der Waals surface area contributed by atoms with Gasteiger partial charge in [0, 0.05) is 4.47 Å². The first-order valence-corrected chi connectivity index (χ1v) is 13.3. The first-order valence-electron chi connectivity index (χ1n) is 11.1. The molecular formula is C27H24BrNO6S. The van der Waals surface area contributed by atoms with Crippen molar-refractivity contribution in [3.05, 3.63) is 111 Å². The van der Waals surface area contributed by atoms with Crippen molar-refractivity contribution in [2.45, 2.75) is 30.3 Å². The van der Waals surface area contributed by atoms with E-state index < -0.39 is 34.0 Å². The van der Waals surface area contributed by atoms with E-state index >= 15 is 0 Å². The van der Waals surface area contributed by atoms with E-state index in [9.17, 15) is 23.1 Å². The van der Waals surface area contributed by atoms with E-state index in [1.54, 1.807) is 36.4 Å². The number of carboxylic acid groups (broad SMARTS) is 1. The molecule has 0 spiro atoms. The first kappa shape index (κ1) is 25.8. The summed E-state index contributed by atoms with van der Waals surface area (Å²) < 4.78 is 35.6. The molecule has 1 N–H and O–H groups in total. The van der Waals surface area contributed by atoms with Crippen LogP contribution in [-0.2, 0) is 19.6 Å². The van der Waals surface area contributed by atoms with Gasteiger partial charge in [-0.05, 0) is 48.7 Å². The van der Waals surface area contributed by atoms with Crippen LogP contribution in [0.3, 0.4) is 0 Å². The van der Waals surface area contributed by atoms with Crippen LogP contribution in [0.4, 0.5) is 0 Å². The molecule has 36 heavy (non-hydrogen) atoms. The lowest BCUT2D eigenvalue weighted by Crippen LogP contribution is -2.42. The Balaban J connectivity index is 2.01. The quantitative estimate of drug-likeness (QED) is 0.397. The van der Waals surface area contributed by atoms with Gasteiger partial charge >= 0.3 is 11.9 Å². The smallest absolute Gasteiger partial charge is 0.339 e. The van der Waals surface area contributed by atoms with Gasteiger partial charge in [0.1, 0.15) is 0 Å². The van der Waals surface area contributed by atoms with Crippen LogP contribution in [0.15, 0.2) is 93.8 Å². The fraction of sp³-hybridized carbons (Fsp3) is 0.185. The van der Waals surface area contributed by atoms with E-state index in [0.717, 1.165) is 10.0 Å². The van der Waals surface area contributed by atoms with Crippen molar-refractivity contribution < 1.29 is 27.9 Å². The van der Waals surface area contributed by atoms with Crippen LogP contribution in [0.25, 0.3) is 0 Å². The number of methoxy groups -OCH3 is 1. The highest BCUT2D eigenvalue weighted by Gasteiger charge is 2.45. The van der Waals surface area contributed by atoms with Crippen molar-refractivity contribution >= 4 is 37.9 Å². The van der Waals surface area contributed by atoms with Crippen LogP contribution < -0.4 is 0 Å². The van der Waals surface area contributed by atoms with Crippen molar-refractivity contribution in [2.75, 3.05) is 7.11 Å². The van der Waals surface area contributed by atoms with Crippen LogP contribution >= 0.6 is 15.9 Å². The average molecular weight is 570 g/mol. The number of hydrogen-bond donors (Lipinski definition) is 1. The summed E-state index contributed by atoms with van der Waals surface area (Å²) in [4.78, 5) is 24.6. The molecule has 0 aromatic heterocycles. The molecule has 3 aromatic rings. The van der Waals surface area contributed by atoms with Crippen LogP contribution in [0, 0.1) is 6.92 Å². The maximum atomic E-state index is 14.4. The SMILES string of the molecule is COC(=O)c1ccccc1S(=O)(=O)N1[C@@H](c2ccc(Br)cc2)C(C(=O)O)=CC[C@H]1c1ccc(C)cc1. The predicted molar refractivity (Wildman–Crippen MR) is 138 cm³/mol. The summed E-state index contributed by atoms with van der Waals surface area (Å²) in [6.45, 7) is 1.93. The standard InChI is InChI=1S/C27H24BrNO6S/c1-17-7-9-18(10-8-17)23-16-15-22(26(30)31)25(19-11-13-20(28)14-12-19)29(23)36(33,34)24-6-4-3-5-21(24)27(32)35-2/h3-15,23,25H,16H2,1-2H3,(H,30,31)/t23-,25-/m0/s1. The monoisotopic (exact) mass is 569 g/mol. The average Bonchev–Trinajstić information content (AvgIpc) is 2.88. The molecule has 0 bridgehead atoms. The summed E-state index contributed by atoms with van der Waals surface area (Å²) in [5.74, 6) is -2.01. The number of esters is 1. The molecule has 186 valence electrons. The van der Waals surface area contributed by atoms with E-state index in [0.29, 0.717) is 11.1 Å². The molecule has 0 amide bonds. The third-order valence-corrected chi connectivity index (χ3v) is 8.62.